The van der Waals surface area contributed by atoms with Crippen molar-refractivity contribution in [1.82, 2.24) is 19.3 Å². The Morgan fingerprint density at radius 1 is 1.28 bits per heavy atom. The zero-order valence-electron chi connectivity index (χ0n) is 13.6. The summed E-state index contributed by atoms with van der Waals surface area (Å²) in [5.74, 6) is 0.523. The van der Waals surface area contributed by atoms with E-state index in [-0.39, 0.29) is 22.8 Å². The maximum atomic E-state index is 12.2. The van der Waals surface area contributed by atoms with E-state index in [1.165, 1.54) is 22.4 Å². The van der Waals surface area contributed by atoms with E-state index in [0.717, 1.165) is 5.56 Å². The highest BCUT2D eigenvalue weighted by molar-refractivity contribution is 7.71. The van der Waals surface area contributed by atoms with Gasteiger partial charge in [0.1, 0.15) is 12.1 Å². The number of aliphatic imine (C=N–C) groups is 1. The minimum absolute atomic E-state index is 0.0430. The van der Waals surface area contributed by atoms with Crippen LogP contribution < -0.4 is 5.56 Å². The van der Waals surface area contributed by atoms with Crippen molar-refractivity contribution in [3.63, 3.8) is 0 Å². The molecule has 0 saturated carbocycles. The number of hydrogen-bond acceptors (Lipinski definition) is 7. The molecule has 2 aromatic heterocycles. The lowest BCUT2D eigenvalue weighted by Gasteiger charge is -2.08. The van der Waals surface area contributed by atoms with Crippen molar-refractivity contribution in [3.8, 4) is 17.3 Å². The molecule has 2 heterocycles. The van der Waals surface area contributed by atoms with E-state index >= 15 is 0 Å². The summed E-state index contributed by atoms with van der Waals surface area (Å²) in [6.07, 6.45) is 1.28. The summed E-state index contributed by atoms with van der Waals surface area (Å²) in [5, 5.41) is 14.0. The second-order valence-corrected chi connectivity index (χ2v) is 5.66. The lowest BCUT2D eigenvalue weighted by molar-refractivity contribution is 0.381. The molecule has 0 aliphatic rings. The van der Waals surface area contributed by atoms with Crippen LogP contribution in [0.1, 0.15) is 11.5 Å². The zero-order chi connectivity index (χ0) is 18.0. The van der Waals surface area contributed by atoms with Gasteiger partial charge >= 0.3 is 0 Å². The number of benzene rings is 1. The van der Waals surface area contributed by atoms with Gasteiger partial charge in [-0.3, -0.25) is 18.9 Å². The number of aromatic nitrogens is 4. The Balaban J connectivity index is 1.83. The highest BCUT2D eigenvalue weighted by Crippen LogP contribution is 2.15. The largest absolute Gasteiger partial charge is 0.494 e. The quantitative estimate of drug-likeness (QED) is 0.565. The van der Waals surface area contributed by atoms with Crippen molar-refractivity contribution in [1.29, 1.82) is 0 Å². The van der Waals surface area contributed by atoms with E-state index in [1.54, 1.807) is 7.05 Å². The molecule has 3 aromatic rings. The van der Waals surface area contributed by atoms with Crippen LogP contribution in [-0.2, 0) is 20.6 Å². The molecule has 128 valence electrons. The summed E-state index contributed by atoms with van der Waals surface area (Å²) < 4.78 is 7.95. The predicted molar refractivity (Wildman–Crippen MR) is 94.2 cm³/mol. The highest BCUT2D eigenvalue weighted by Gasteiger charge is 2.12. The minimum atomic E-state index is -0.431. The molecular weight excluding hydrogens is 342 g/mol. The molecule has 0 unspecified atom stereocenters. The van der Waals surface area contributed by atoms with E-state index in [4.69, 9.17) is 16.7 Å². The van der Waals surface area contributed by atoms with Crippen molar-refractivity contribution in [3.05, 3.63) is 56.9 Å². The van der Waals surface area contributed by atoms with E-state index < -0.39 is 5.56 Å². The van der Waals surface area contributed by atoms with Gasteiger partial charge in [0.05, 0.1) is 0 Å². The van der Waals surface area contributed by atoms with Crippen molar-refractivity contribution in [2.45, 2.75) is 6.54 Å². The second kappa shape index (κ2) is 6.81. The van der Waals surface area contributed by atoms with Gasteiger partial charge in [0.2, 0.25) is 17.6 Å². The number of nitrogens with zero attached hydrogens (tertiary/aromatic N) is 5. The van der Waals surface area contributed by atoms with Crippen LogP contribution in [0.2, 0.25) is 0 Å². The van der Waals surface area contributed by atoms with Crippen LogP contribution in [-0.4, -0.2) is 30.6 Å². The van der Waals surface area contributed by atoms with Crippen LogP contribution in [0, 0.1) is 4.77 Å². The van der Waals surface area contributed by atoms with E-state index in [2.05, 4.69) is 15.1 Å². The van der Waals surface area contributed by atoms with Gasteiger partial charge in [-0.2, -0.15) is 4.98 Å². The average molecular weight is 357 g/mol. The molecule has 0 radical (unpaired) electrons. The summed E-state index contributed by atoms with van der Waals surface area (Å²) >= 11 is 5.06. The summed E-state index contributed by atoms with van der Waals surface area (Å²) in [6, 6.07) is 9.40. The fourth-order valence-electron chi connectivity index (χ4n) is 2.21. The van der Waals surface area contributed by atoms with Gasteiger partial charge in [-0.15, -0.1) is 0 Å². The van der Waals surface area contributed by atoms with Crippen LogP contribution in [0.5, 0.6) is 5.88 Å². The van der Waals surface area contributed by atoms with Gasteiger partial charge in [-0.1, -0.05) is 35.5 Å². The molecule has 0 aliphatic carbocycles. The number of hydrogen-bond donors (Lipinski definition) is 1. The number of aromatic hydroxyl groups is 1. The lowest BCUT2D eigenvalue weighted by Crippen LogP contribution is -2.25. The predicted octanol–water partition coefficient (Wildman–Crippen LogP) is 1.83. The van der Waals surface area contributed by atoms with Gasteiger partial charge in [0, 0.05) is 25.9 Å². The summed E-state index contributed by atoms with van der Waals surface area (Å²) in [5.41, 5.74) is 0.447. The van der Waals surface area contributed by atoms with Gasteiger partial charge in [-0.25, -0.2) is 0 Å². The van der Waals surface area contributed by atoms with Crippen LogP contribution in [0.4, 0.5) is 0 Å². The maximum Gasteiger partial charge on any atom is 0.266 e. The second-order valence-electron chi connectivity index (χ2n) is 5.29. The summed E-state index contributed by atoms with van der Waals surface area (Å²) in [4.78, 5) is 20.5. The average Bonchev–Trinajstić information content (AvgIpc) is 3.11. The molecule has 3 rings (SSSR count). The highest BCUT2D eigenvalue weighted by atomic mass is 32.1. The summed E-state index contributed by atoms with van der Waals surface area (Å²) in [7, 11) is 3.10. The standard InChI is InChI=1S/C16H15N5O3S/c1-20-14(22)11(15(23)21(2)16(20)25)8-17-9-12-18-13(19-24-12)10-6-4-3-5-7-10/h3-8,22H,9H2,1-2H3. The van der Waals surface area contributed by atoms with Gasteiger partial charge in [-0.05, 0) is 12.2 Å². The molecule has 0 saturated heterocycles. The van der Waals surface area contributed by atoms with Crippen molar-refractivity contribution >= 4 is 18.4 Å². The summed E-state index contributed by atoms with van der Waals surface area (Å²) in [6.45, 7) is 0.0851. The Hall–Kier alpha value is -3.07. The third-order valence-corrected chi connectivity index (χ3v) is 4.16. The first-order valence-electron chi connectivity index (χ1n) is 7.36. The third-order valence-electron chi connectivity index (χ3n) is 3.61. The maximum absolute atomic E-state index is 12.2. The Morgan fingerprint density at radius 2 is 2.00 bits per heavy atom. The Kier molecular flexibility index (Phi) is 4.57. The van der Waals surface area contributed by atoms with Crippen LogP contribution in [0.15, 0.2) is 44.6 Å². The normalized spacial score (nSPS) is 11.3. The molecule has 8 nitrogen and oxygen atoms in total. The first kappa shape index (κ1) is 16.8. The number of rotatable bonds is 4. The van der Waals surface area contributed by atoms with E-state index in [1.807, 2.05) is 30.3 Å². The van der Waals surface area contributed by atoms with Gasteiger partial charge in [0.15, 0.2) is 4.77 Å². The molecular formula is C16H15N5O3S. The minimum Gasteiger partial charge on any atom is -0.494 e. The Morgan fingerprint density at radius 3 is 2.72 bits per heavy atom. The van der Waals surface area contributed by atoms with E-state index in [9.17, 15) is 9.90 Å². The molecule has 1 N–H and O–H groups in total. The van der Waals surface area contributed by atoms with Crippen molar-refractivity contribution in [2.24, 2.45) is 19.1 Å². The fraction of sp³-hybridized carbons (Fsp3) is 0.188. The molecule has 0 bridgehead atoms. The molecule has 0 fully saturated rings. The Labute approximate surface area is 147 Å². The van der Waals surface area contributed by atoms with Crippen molar-refractivity contribution < 1.29 is 9.63 Å². The molecule has 1 aromatic carbocycles. The van der Waals surface area contributed by atoms with Gasteiger partial charge in [0.25, 0.3) is 5.56 Å². The lowest BCUT2D eigenvalue weighted by atomic mass is 10.2. The molecule has 9 heteroatoms. The van der Waals surface area contributed by atoms with Gasteiger partial charge < -0.3 is 9.63 Å². The molecule has 0 spiro atoms. The molecule has 0 amide bonds. The smallest absolute Gasteiger partial charge is 0.266 e. The third kappa shape index (κ3) is 3.26. The first-order chi connectivity index (χ1) is 12.0. The zero-order valence-corrected chi connectivity index (χ0v) is 14.4. The first-order valence-corrected chi connectivity index (χ1v) is 7.76. The van der Waals surface area contributed by atoms with Crippen LogP contribution in [0.3, 0.4) is 0 Å². The van der Waals surface area contributed by atoms with Crippen LogP contribution >= 0.6 is 12.2 Å². The molecule has 0 atom stereocenters. The van der Waals surface area contributed by atoms with Crippen molar-refractivity contribution in [2.75, 3.05) is 0 Å². The van der Waals surface area contributed by atoms with Crippen LogP contribution in [0.25, 0.3) is 11.4 Å². The SMILES string of the molecule is Cn1c(O)c(C=NCc2nc(-c3ccccc3)no2)c(=O)n(C)c1=S. The molecule has 25 heavy (non-hydrogen) atoms. The monoisotopic (exact) mass is 357 g/mol. The van der Waals surface area contributed by atoms with E-state index in [0.29, 0.717) is 11.7 Å². The fourth-order valence-corrected chi connectivity index (χ4v) is 2.38. The Bertz CT molecular complexity index is 1050. The molecule has 0 aliphatic heterocycles. The topological polar surface area (TPSA) is 98.4 Å².